The molecule has 1 aromatic heterocycles. The molecule has 2 aliphatic rings. The van der Waals surface area contributed by atoms with Crippen LogP contribution in [-0.4, -0.2) is 56.8 Å². The van der Waals surface area contributed by atoms with E-state index in [1.54, 1.807) is 0 Å². The highest BCUT2D eigenvalue weighted by Gasteiger charge is 2.43. The monoisotopic (exact) mass is 360 g/mol. The van der Waals surface area contributed by atoms with E-state index in [-0.39, 0.29) is 0 Å². The van der Waals surface area contributed by atoms with Crippen LogP contribution in [0.4, 0.5) is 5.95 Å². The van der Waals surface area contributed by atoms with Gasteiger partial charge in [-0.25, -0.2) is 0 Å². The minimum Gasteiger partial charge on any atom is -0.335 e. The summed E-state index contributed by atoms with van der Waals surface area (Å²) < 4.78 is 1.87. The summed E-state index contributed by atoms with van der Waals surface area (Å²) in [6.45, 7) is 3.30. The van der Waals surface area contributed by atoms with Crippen LogP contribution in [0.5, 0.6) is 0 Å². The Morgan fingerprint density at radius 3 is 2.41 bits per heavy atom. The number of hydrogen-bond acceptors (Lipinski definition) is 5. The Kier molecular flexibility index (Phi) is 4.33. The van der Waals surface area contributed by atoms with Crippen LogP contribution in [0.3, 0.4) is 0 Å². The number of hydrogen-bond donors (Lipinski definition) is 0. The lowest BCUT2D eigenvalue weighted by Crippen LogP contribution is -2.38. The Morgan fingerprint density at radius 1 is 0.852 bits per heavy atom. The summed E-state index contributed by atoms with van der Waals surface area (Å²) in [6, 6.07) is 22.1. The molecule has 2 aliphatic heterocycles. The van der Waals surface area contributed by atoms with E-state index in [0.29, 0.717) is 12.1 Å². The summed E-state index contributed by atoms with van der Waals surface area (Å²) in [5.74, 6) is 0.874. The SMILES string of the molecule is c1ccc(CCN2CC[C@H]3[C@@H]2CCN3c2nnnn2-c2ccccc2)cc1. The summed E-state index contributed by atoms with van der Waals surface area (Å²) in [6.07, 6.45) is 3.48. The van der Waals surface area contributed by atoms with Crippen molar-refractivity contribution in [2.75, 3.05) is 24.5 Å². The van der Waals surface area contributed by atoms with Crippen LogP contribution < -0.4 is 4.90 Å². The number of nitrogens with zero attached hydrogens (tertiary/aromatic N) is 6. The van der Waals surface area contributed by atoms with E-state index >= 15 is 0 Å². The van der Waals surface area contributed by atoms with Crippen LogP contribution in [0.25, 0.3) is 5.69 Å². The minimum absolute atomic E-state index is 0.509. The number of benzene rings is 2. The minimum atomic E-state index is 0.509. The Hall–Kier alpha value is -2.73. The summed E-state index contributed by atoms with van der Waals surface area (Å²) in [7, 11) is 0. The van der Waals surface area contributed by atoms with E-state index in [4.69, 9.17) is 0 Å². The van der Waals surface area contributed by atoms with Gasteiger partial charge in [-0.2, -0.15) is 4.68 Å². The van der Waals surface area contributed by atoms with Crippen LogP contribution in [0.1, 0.15) is 18.4 Å². The van der Waals surface area contributed by atoms with Gasteiger partial charge in [-0.3, -0.25) is 4.90 Å². The van der Waals surface area contributed by atoms with Gasteiger partial charge in [0.15, 0.2) is 0 Å². The number of tetrazole rings is 1. The van der Waals surface area contributed by atoms with E-state index in [1.165, 1.54) is 18.4 Å². The smallest absolute Gasteiger partial charge is 0.250 e. The van der Waals surface area contributed by atoms with Gasteiger partial charge in [-0.05, 0) is 47.4 Å². The van der Waals surface area contributed by atoms with Crippen LogP contribution >= 0.6 is 0 Å². The number of anilines is 1. The Morgan fingerprint density at radius 2 is 1.59 bits per heavy atom. The molecule has 0 aliphatic carbocycles. The van der Waals surface area contributed by atoms with Gasteiger partial charge in [0.2, 0.25) is 0 Å². The fraction of sp³-hybridized carbons (Fsp3) is 0.381. The van der Waals surface area contributed by atoms with Gasteiger partial charge in [-0.1, -0.05) is 53.6 Å². The number of para-hydroxylation sites is 1. The van der Waals surface area contributed by atoms with Crippen molar-refractivity contribution in [1.29, 1.82) is 0 Å². The predicted molar refractivity (Wildman–Crippen MR) is 105 cm³/mol. The second-order valence-electron chi connectivity index (χ2n) is 7.40. The van der Waals surface area contributed by atoms with E-state index in [1.807, 2.05) is 35.0 Å². The molecule has 2 aromatic carbocycles. The van der Waals surface area contributed by atoms with Gasteiger partial charge in [0.05, 0.1) is 5.69 Å². The fourth-order valence-electron chi connectivity index (χ4n) is 4.62. The highest BCUT2D eigenvalue weighted by atomic mass is 15.6. The molecule has 0 saturated carbocycles. The van der Waals surface area contributed by atoms with Crippen molar-refractivity contribution in [3.8, 4) is 5.69 Å². The first kappa shape index (κ1) is 16.4. The third-order valence-corrected chi connectivity index (χ3v) is 5.93. The largest absolute Gasteiger partial charge is 0.335 e. The summed E-state index contributed by atoms with van der Waals surface area (Å²) in [5, 5.41) is 12.6. The molecule has 0 bridgehead atoms. The molecule has 0 unspecified atom stereocenters. The first-order valence-corrected chi connectivity index (χ1v) is 9.78. The van der Waals surface area contributed by atoms with Crippen molar-refractivity contribution in [3.63, 3.8) is 0 Å². The Bertz CT molecular complexity index is 878. The van der Waals surface area contributed by atoms with E-state index in [0.717, 1.165) is 37.7 Å². The van der Waals surface area contributed by atoms with Crippen LogP contribution in [0, 0.1) is 0 Å². The van der Waals surface area contributed by atoms with Gasteiger partial charge in [0, 0.05) is 31.7 Å². The maximum Gasteiger partial charge on any atom is 0.250 e. The van der Waals surface area contributed by atoms with Gasteiger partial charge in [0.1, 0.15) is 0 Å². The van der Waals surface area contributed by atoms with Gasteiger partial charge in [0.25, 0.3) is 5.95 Å². The van der Waals surface area contributed by atoms with Gasteiger partial charge >= 0.3 is 0 Å². The average Bonchev–Trinajstić information content (AvgIpc) is 3.44. The molecule has 5 rings (SSSR count). The molecular formula is C21H24N6. The molecule has 3 heterocycles. The molecule has 138 valence electrons. The van der Waals surface area contributed by atoms with E-state index in [9.17, 15) is 0 Å². The molecule has 0 N–H and O–H groups in total. The zero-order valence-corrected chi connectivity index (χ0v) is 15.4. The molecule has 2 fully saturated rings. The number of fused-ring (bicyclic) bond motifs is 1. The number of aromatic nitrogens is 4. The summed E-state index contributed by atoms with van der Waals surface area (Å²) in [4.78, 5) is 5.08. The lowest BCUT2D eigenvalue weighted by molar-refractivity contribution is 0.257. The fourth-order valence-corrected chi connectivity index (χ4v) is 4.62. The molecule has 0 spiro atoms. The second kappa shape index (κ2) is 7.12. The van der Waals surface area contributed by atoms with E-state index in [2.05, 4.69) is 55.7 Å². The van der Waals surface area contributed by atoms with Crippen LogP contribution in [0.15, 0.2) is 60.7 Å². The van der Waals surface area contributed by atoms with Crippen LogP contribution in [-0.2, 0) is 6.42 Å². The summed E-state index contributed by atoms with van der Waals surface area (Å²) in [5.41, 5.74) is 2.43. The van der Waals surface area contributed by atoms with Gasteiger partial charge < -0.3 is 4.90 Å². The van der Waals surface area contributed by atoms with Crippen molar-refractivity contribution < 1.29 is 0 Å². The predicted octanol–water partition coefficient (Wildman–Crippen LogP) is 2.56. The third-order valence-electron chi connectivity index (χ3n) is 5.93. The summed E-state index contributed by atoms with van der Waals surface area (Å²) >= 11 is 0. The topological polar surface area (TPSA) is 50.1 Å². The highest BCUT2D eigenvalue weighted by molar-refractivity contribution is 5.43. The third kappa shape index (κ3) is 3.10. The van der Waals surface area contributed by atoms with Crippen molar-refractivity contribution in [3.05, 3.63) is 66.2 Å². The van der Waals surface area contributed by atoms with Crippen molar-refractivity contribution in [2.45, 2.75) is 31.3 Å². The highest BCUT2D eigenvalue weighted by Crippen LogP contribution is 2.34. The number of likely N-dealkylation sites (tertiary alicyclic amines) is 1. The van der Waals surface area contributed by atoms with E-state index < -0.39 is 0 Å². The molecule has 2 atom stereocenters. The first-order chi connectivity index (χ1) is 13.4. The zero-order chi connectivity index (χ0) is 18.1. The molecule has 2 saturated heterocycles. The molecule has 6 heteroatoms. The zero-order valence-electron chi connectivity index (χ0n) is 15.4. The van der Waals surface area contributed by atoms with Gasteiger partial charge in [-0.15, -0.1) is 0 Å². The molecular weight excluding hydrogens is 336 g/mol. The molecule has 0 amide bonds. The molecule has 27 heavy (non-hydrogen) atoms. The van der Waals surface area contributed by atoms with Crippen molar-refractivity contribution >= 4 is 5.95 Å². The quantitative estimate of drug-likeness (QED) is 0.700. The normalized spacial score (nSPS) is 22.3. The second-order valence-corrected chi connectivity index (χ2v) is 7.40. The van der Waals surface area contributed by atoms with Crippen molar-refractivity contribution in [1.82, 2.24) is 25.1 Å². The Labute approximate surface area is 159 Å². The maximum absolute atomic E-state index is 4.36. The molecule has 6 nitrogen and oxygen atoms in total. The van der Waals surface area contributed by atoms with Crippen molar-refractivity contribution in [2.24, 2.45) is 0 Å². The standard InChI is InChI=1S/C21H24N6/c1-3-7-17(8-4-1)11-14-25-15-12-20-19(25)13-16-26(20)21-22-23-24-27(21)18-9-5-2-6-10-18/h1-10,19-20H,11-16H2/t19-,20-/m0/s1. The molecule has 3 aromatic rings. The molecule has 0 radical (unpaired) electrons. The average molecular weight is 360 g/mol. The first-order valence-electron chi connectivity index (χ1n) is 9.78. The van der Waals surface area contributed by atoms with Crippen LogP contribution in [0.2, 0.25) is 0 Å². The lowest BCUT2D eigenvalue weighted by Gasteiger charge is -2.25. The maximum atomic E-state index is 4.36. The lowest BCUT2D eigenvalue weighted by atomic mass is 10.1. The number of rotatable bonds is 5. The Balaban J connectivity index is 1.31.